The molecule has 8 heteroatoms. The van der Waals surface area contributed by atoms with E-state index in [0.717, 1.165) is 23.8 Å². The van der Waals surface area contributed by atoms with Gasteiger partial charge in [0.05, 0.1) is 0 Å². The van der Waals surface area contributed by atoms with Crippen LogP contribution in [-0.4, -0.2) is 36.3 Å². The van der Waals surface area contributed by atoms with Gasteiger partial charge in [-0.3, -0.25) is 0 Å². The van der Waals surface area contributed by atoms with Crippen LogP contribution >= 0.6 is 0 Å². The van der Waals surface area contributed by atoms with Crippen LogP contribution in [-0.2, 0) is 12.8 Å². The molecule has 1 N–H and O–H groups in total. The molecule has 0 fully saturated rings. The third-order valence-corrected chi connectivity index (χ3v) is 3.31. The van der Waals surface area contributed by atoms with Gasteiger partial charge < -0.3 is 9.84 Å². The third kappa shape index (κ3) is 2.90. The van der Waals surface area contributed by atoms with Gasteiger partial charge in [0.1, 0.15) is 12.1 Å². The van der Waals surface area contributed by atoms with Gasteiger partial charge in [-0.25, -0.2) is 4.98 Å². The molecule has 3 aromatic heterocycles. The molecule has 0 saturated carbocycles. The fourth-order valence-corrected chi connectivity index (χ4v) is 2.07. The van der Waals surface area contributed by atoms with Crippen molar-refractivity contribution in [3.8, 4) is 0 Å². The number of nitrogens with zero attached hydrogens (tertiary/aromatic N) is 6. The molecule has 3 aromatic rings. The first-order valence-electron chi connectivity index (χ1n) is 7.43. The van der Waals surface area contributed by atoms with Crippen LogP contribution in [0.4, 0.5) is 5.82 Å². The van der Waals surface area contributed by atoms with Gasteiger partial charge in [-0.2, -0.15) is 19.6 Å². The summed E-state index contributed by atoms with van der Waals surface area (Å²) >= 11 is 0. The monoisotopic (exact) mass is 301 g/mol. The molecular formula is C14H19N7O. The number of nitrogens with one attached hydrogen (secondary N) is 1. The molecule has 0 aromatic carbocycles. The summed E-state index contributed by atoms with van der Waals surface area (Å²) in [5.74, 6) is 3.11. The Labute approximate surface area is 128 Å². The molecule has 3 rings (SSSR count). The van der Waals surface area contributed by atoms with Crippen LogP contribution in [0.3, 0.4) is 0 Å². The zero-order valence-corrected chi connectivity index (χ0v) is 12.9. The maximum absolute atomic E-state index is 5.23. The first-order valence-corrected chi connectivity index (χ1v) is 7.43. The van der Waals surface area contributed by atoms with Crippen LogP contribution in [0.2, 0.25) is 0 Å². The summed E-state index contributed by atoms with van der Waals surface area (Å²) in [6.07, 6.45) is 3.00. The van der Waals surface area contributed by atoms with Crippen molar-refractivity contribution in [2.24, 2.45) is 0 Å². The van der Waals surface area contributed by atoms with E-state index in [0.29, 0.717) is 24.6 Å². The molecule has 116 valence electrons. The van der Waals surface area contributed by atoms with Crippen LogP contribution < -0.4 is 5.32 Å². The highest BCUT2D eigenvalue weighted by Crippen LogP contribution is 2.12. The molecule has 0 aliphatic carbocycles. The summed E-state index contributed by atoms with van der Waals surface area (Å²) in [5.41, 5.74) is 0.975. The Morgan fingerprint density at radius 1 is 1.32 bits per heavy atom. The molecule has 0 atom stereocenters. The second-order valence-corrected chi connectivity index (χ2v) is 5.34. The minimum atomic E-state index is 0.271. The van der Waals surface area contributed by atoms with E-state index in [4.69, 9.17) is 4.52 Å². The fraction of sp³-hybridized carbons (Fsp3) is 0.500. The molecule has 3 heterocycles. The zero-order chi connectivity index (χ0) is 15.5. The molecule has 0 amide bonds. The van der Waals surface area contributed by atoms with Crippen LogP contribution in [0.5, 0.6) is 0 Å². The molecule has 0 radical (unpaired) electrons. The number of fused-ring (bicyclic) bond motifs is 1. The van der Waals surface area contributed by atoms with Crippen LogP contribution in [0, 0.1) is 0 Å². The Kier molecular flexibility index (Phi) is 3.99. The van der Waals surface area contributed by atoms with Crippen LogP contribution in [0.1, 0.15) is 44.1 Å². The Bertz CT molecular complexity index is 761. The number of hydrogen-bond acceptors (Lipinski definition) is 7. The molecular weight excluding hydrogens is 282 g/mol. The number of hydrogen-bond donors (Lipinski definition) is 1. The fourth-order valence-electron chi connectivity index (χ4n) is 2.07. The highest BCUT2D eigenvalue weighted by atomic mass is 16.5. The topological polar surface area (TPSA) is 94.0 Å². The summed E-state index contributed by atoms with van der Waals surface area (Å²) < 4.78 is 6.92. The minimum Gasteiger partial charge on any atom is -0.369 e. The predicted molar refractivity (Wildman–Crippen MR) is 80.7 cm³/mol. The maximum Gasteiger partial charge on any atom is 0.254 e. The van der Waals surface area contributed by atoms with Crippen molar-refractivity contribution in [3.63, 3.8) is 0 Å². The molecule has 8 nitrogen and oxygen atoms in total. The van der Waals surface area contributed by atoms with Crippen molar-refractivity contribution in [3.05, 3.63) is 29.8 Å². The van der Waals surface area contributed by atoms with E-state index in [1.807, 2.05) is 19.9 Å². The Morgan fingerprint density at radius 2 is 2.18 bits per heavy atom. The first-order chi connectivity index (χ1) is 10.7. The summed E-state index contributed by atoms with van der Waals surface area (Å²) in [6.45, 7) is 6.81. The van der Waals surface area contributed by atoms with Gasteiger partial charge in [0.2, 0.25) is 5.89 Å². The molecule has 0 saturated heterocycles. The van der Waals surface area contributed by atoms with Gasteiger partial charge in [-0.15, -0.1) is 0 Å². The Hall–Kier alpha value is -2.51. The summed E-state index contributed by atoms with van der Waals surface area (Å²) in [5, 5.41) is 11.5. The minimum absolute atomic E-state index is 0.271. The largest absolute Gasteiger partial charge is 0.369 e. The van der Waals surface area contributed by atoms with Crippen LogP contribution in [0.15, 0.2) is 16.9 Å². The lowest BCUT2D eigenvalue weighted by Crippen LogP contribution is -2.11. The van der Waals surface area contributed by atoms with Crippen molar-refractivity contribution >= 4 is 11.6 Å². The van der Waals surface area contributed by atoms with Crippen molar-refractivity contribution in [1.82, 2.24) is 29.7 Å². The van der Waals surface area contributed by atoms with E-state index >= 15 is 0 Å². The highest BCUT2D eigenvalue weighted by molar-refractivity contribution is 5.44. The molecule has 0 unspecified atom stereocenters. The average molecular weight is 301 g/mol. The normalized spacial score (nSPS) is 11.5. The van der Waals surface area contributed by atoms with E-state index < -0.39 is 0 Å². The van der Waals surface area contributed by atoms with Crippen molar-refractivity contribution < 1.29 is 4.52 Å². The van der Waals surface area contributed by atoms with E-state index in [9.17, 15) is 0 Å². The van der Waals surface area contributed by atoms with E-state index in [1.54, 1.807) is 4.52 Å². The standard InChI is InChI=1S/C14H19N7O/c1-4-10-7-11(21-14(18-10)16-8-17-21)15-6-5-12-19-13(9(2)3)20-22-12/h7-9,15H,4-6H2,1-3H3. The Morgan fingerprint density at radius 3 is 2.91 bits per heavy atom. The smallest absolute Gasteiger partial charge is 0.254 e. The molecule has 22 heavy (non-hydrogen) atoms. The van der Waals surface area contributed by atoms with Gasteiger partial charge in [-0.05, 0) is 6.42 Å². The van der Waals surface area contributed by atoms with Gasteiger partial charge in [0.15, 0.2) is 5.82 Å². The Balaban J connectivity index is 1.69. The number of aryl methyl sites for hydroxylation is 1. The lowest BCUT2D eigenvalue weighted by molar-refractivity contribution is 0.373. The molecule has 0 bridgehead atoms. The average Bonchev–Trinajstić information content (AvgIpc) is 3.15. The predicted octanol–water partition coefficient (Wildman–Crippen LogP) is 1.85. The van der Waals surface area contributed by atoms with Gasteiger partial charge in [0.25, 0.3) is 5.78 Å². The summed E-state index contributed by atoms with van der Waals surface area (Å²) in [7, 11) is 0. The molecule has 0 aliphatic heterocycles. The number of anilines is 1. The first kappa shape index (κ1) is 14.4. The van der Waals surface area contributed by atoms with E-state index in [2.05, 4.69) is 37.4 Å². The summed E-state index contributed by atoms with van der Waals surface area (Å²) in [4.78, 5) is 12.9. The van der Waals surface area contributed by atoms with Crippen molar-refractivity contribution in [1.29, 1.82) is 0 Å². The van der Waals surface area contributed by atoms with Gasteiger partial charge in [-0.1, -0.05) is 25.9 Å². The lowest BCUT2D eigenvalue weighted by atomic mass is 10.2. The van der Waals surface area contributed by atoms with Crippen molar-refractivity contribution in [2.45, 2.75) is 39.5 Å². The van der Waals surface area contributed by atoms with E-state index in [-0.39, 0.29) is 5.92 Å². The van der Waals surface area contributed by atoms with Gasteiger partial charge in [0, 0.05) is 30.6 Å². The summed E-state index contributed by atoms with van der Waals surface area (Å²) in [6, 6.07) is 1.98. The van der Waals surface area contributed by atoms with Crippen LogP contribution in [0.25, 0.3) is 5.78 Å². The maximum atomic E-state index is 5.23. The second kappa shape index (κ2) is 6.08. The highest BCUT2D eigenvalue weighted by Gasteiger charge is 2.10. The second-order valence-electron chi connectivity index (χ2n) is 5.34. The molecule has 0 spiro atoms. The third-order valence-electron chi connectivity index (χ3n) is 3.31. The SMILES string of the molecule is CCc1cc(NCCc2nc(C(C)C)no2)n2ncnc2n1. The molecule has 0 aliphatic rings. The lowest BCUT2D eigenvalue weighted by Gasteiger charge is -2.08. The van der Waals surface area contributed by atoms with E-state index in [1.165, 1.54) is 6.33 Å². The number of aromatic nitrogens is 6. The quantitative estimate of drug-likeness (QED) is 0.742. The zero-order valence-electron chi connectivity index (χ0n) is 12.9. The number of rotatable bonds is 6. The van der Waals surface area contributed by atoms with Crippen molar-refractivity contribution in [2.75, 3.05) is 11.9 Å². The van der Waals surface area contributed by atoms with Gasteiger partial charge >= 0.3 is 0 Å².